The Balaban J connectivity index is 3.75. The normalized spacial score (nSPS) is 12.4. The van der Waals surface area contributed by atoms with Crippen molar-refractivity contribution < 1.29 is 14.3 Å². The largest absolute Gasteiger partial charge is 0.459 e. The topological polar surface area (TPSA) is 72.0 Å². The zero-order chi connectivity index (χ0) is 16.3. The smallest absolute Gasteiger partial charge is 0.325 e. The van der Waals surface area contributed by atoms with E-state index >= 15 is 0 Å². The van der Waals surface area contributed by atoms with Gasteiger partial charge in [-0.1, -0.05) is 13.8 Å². The Kier molecular flexibility index (Phi) is 9.78. The zero-order valence-corrected chi connectivity index (χ0v) is 14.3. The summed E-state index contributed by atoms with van der Waals surface area (Å²) in [5.41, 5.74) is -0.469. The van der Waals surface area contributed by atoms with Crippen LogP contribution in [0.15, 0.2) is 4.99 Å². The number of hydrogen-bond acceptors (Lipinski definition) is 4. The Labute approximate surface area is 128 Å². The van der Waals surface area contributed by atoms with Gasteiger partial charge in [0, 0.05) is 26.8 Å². The van der Waals surface area contributed by atoms with E-state index in [1.807, 2.05) is 20.8 Å². The lowest BCUT2D eigenvalue weighted by Gasteiger charge is -2.20. The molecule has 0 radical (unpaired) electrons. The first-order valence-corrected chi connectivity index (χ1v) is 7.48. The molecule has 0 bridgehead atoms. The second kappa shape index (κ2) is 10.4. The molecule has 0 rings (SSSR count). The first-order valence-electron chi connectivity index (χ1n) is 7.48. The van der Waals surface area contributed by atoms with Crippen molar-refractivity contribution in [3.8, 4) is 0 Å². The summed E-state index contributed by atoms with van der Waals surface area (Å²) in [4.78, 5) is 15.6. The van der Waals surface area contributed by atoms with Gasteiger partial charge in [0.2, 0.25) is 0 Å². The first-order chi connectivity index (χ1) is 9.74. The average molecular weight is 301 g/mol. The van der Waals surface area contributed by atoms with E-state index in [0.29, 0.717) is 18.5 Å². The predicted molar refractivity (Wildman–Crippen MR) is 85.5 cm³/mol. The van der Waals surface area contributed by atoms with Crippen LogP contribution in [0.2, 0.25) is 0 Å². The molecular formula is C15H31N3O3. The van der Waals surface area contributed by atoms with E-state index in [-0.39, 0.29) is 12.5 Å². The van der Waals surface area contributed by atoms with E-state index in [9.17, 15) is 4.79 Å². The van der Waals surface area contributed by atoms with E-state index in [0.717, 1.165) is 19.6 Å². The molecule has 0 atom stereocenters. The molecule has 0 aliphatic rings. The van der Waals surface area contributed by atoms with Crippen LogP contribution in [0.1, 0.15) is 41.0 Å². The molecule has 124 valence electrons. The molecule has 0 aliphatic carbocycles. The Morgan fingerprint density at radius 2 is 1.90 bits per heavy atom. The third-order valence-electron chi connectivity index (χ3n) is 2.25. The van der Waals surface area contributed by atoms with Gasteiger partial charge in [-0.25, -0.2) is 0 Å². The lowest BCUT2D eigenvalue weighted by atomic mass is 10.2. The molecule has 6 heteroatoms. The highest BCUT2D eigenvalue weighted by atomic mass is 16.6. The SMILES string of the molecule is CN=C(NCCCOCC(C)C)NCC(=O)OC(C)(C)C. The average Bonchev–Trinajstić information content (AvgIpc) is 2.34. The number of guanidine groups is 1. The van der Waals surface area contributed by atoms with Crippen LogP contribution in [-0.2, 0) is 14.3 Å². The molecule has 21 heavy (non-hydrogen) atoms. The quantitative estimate of drug-likeness (QED) is 0.308. The fourth-order valence-corrected chi connectivity index (χ4v) is 1.45. The van der Waals surface area contributed by atoms with Crippen molar-refractivity contribution in [2.24, 2.45) is 10.9 Å². The summed E-state index contributed by atoms with van der Waals surface area (Å²) in [6.07, 6.45) is 0.889. The van der Waals surface area contributed by atoms with Crippen LogP contribution < -0.4 is 10.6 Å². The van der Waals surface area contributed by atoms with E-state index in [2.05, 4.69) is 29.5 Å². The van der Waals surface area contributed by atoms with Crippen molar-refractivity contribution in [2.45, 2.75) is 46.6 Å². The molecule has 0 unspecified atom stereocenters. The predicted octanol–water partition coefficient (Wildman–Crippen LogP) is 1.56. The molecule has 0 amide bonds. The van der Waals surface area contributed by atoms with Crippen LogP contribution in [0.4, 0.5) is 0 Å². The molecule has 0 aromatic rings. The van der Waals surface area contributed by atoms with Crippen LogP contribution in [0.3, 0.4) is 0 Å². The standard InChI is InChI=1S/C15H31N3O3/c1-12(2)11-20-9-7-8-17-14(16-6)18-10-13(19)21-15(3,4)5/h12H,7-11H2,1-6H3,(H2,16,17,18). The van der Waals surface area contributed by atoms with Crippen molar-refractivity contribution in [2.75, 3.05) is 33.4 Å². The number of nitrogens with one attached hydrogen (secondary N) is 2. The molecule has 0 heterocycles. The van der Waals surface area contributed by atoms with E-state index in [1.165, 1.54) is 0 Å². The minimum atomic E-state index is -0.469. The molecule has 2 N–H and O–H groups in total. The summed E-state index contributed by atoms with van der Waals surface area (Å²) in [7, 11) is 1.67. The number of aliphatic imine (C=N–C) groups is 1. The Hall–Kier alpha value is -1.30. The molecule has 0 saturated carbocycles. The van der Waals surface area contributed by atoms with Crippen molar-refractivity contribution in [1.29, 1.82) is 0 Å². The van der Waals surface area contributed by atoms with Gasteiger partial charge >= 0.3 is 5.97 Å². The molecule has 0 spiro atoms. The second-order valence-corrected chi connectivity index (χ2v) is 6.26. The molecule has 0 fully saturated rings. The highest BCUT2D eigenvalue weighted by Crippen LogP contribution is 2.06. The molecule has 0 aliphatic heterocycles. The van der Waals surface area contributed by atoms with Gasteiger partial charge in [-0.3, -0.25) is 9.79 Å². The van der Waals surface area contributed by atoms with Crippen molar-refractivity contribution in [3.05, 3.63) is 0 Å². The summed E-state index contributed by atoms with van der Waals surface area (Å²) in [5, 5.41) is 6.05. The molecule has 0 aromatic heterocycles. The van der Waals surface area contributed by atoms with Crippen molar-refractivity contribution in [3.63, 3.8) is 0 Å². The maximum atomic E-state index is 11.6. The number of rotatable bonds is 8. The van der Waals surface area contributed by atoms with Gasteiger partial charge in [0.15, 0.2) is 5.96 Å². The lowest BCUT2D eigenvalue weighted by Crippen LogP contribution is -2.42. The summed E-state index contributed by atoms with van der Waals surface area (Å²) in [6.45, 7) is 12.1. The lowest BCUT2D eigenvalue weighted by molar-refractivity contribution is -0.153. The third kappa shape index (κ3) is 13.4. The van der Waals surface area contributed by atoms with Gasteiger partial charge in [0.25, 0.3) is 0 Å². The molecule has 0 aromatic carbocycles. The van der Waals surface area contributed by atoms with Crippen molar-refractivity contribution >= 4 is 11.9 Å². The van der Waals surface area contributed by atoms with Gasteiger partial charge in [0.05, 0.1) is 0 Å². The van der Waals surface area contributed by atoms with E-state index in [1.54, 1.807) is 7.05 Å². The summed E-state index contributed by atoms with van der Waals surface area (Å²) in [6, 6.07) is 0. The second-order valence-electron chi connectivity index (χ2n) is 6.26. The molecular weight excluding hydrogens is 270 g/mol. The Morgan fingerprint density at radius 1 is 1.24 bits per heavy atom. The minimum absolute atomic E-state index is 0.0980. The van der Waals surface area contributed by atoms with E-state index in [4.69, 9.17) is 9.47 Å². The summed E-state index contributed by atoms with van der Waals surface area (Å²) in [5.74, 6) is 0.844. The number of carbonyl (C=O) groups excluding carboxylic acids is 1. The molecule has 6 nitrogen and oxygen atoms in total. The third-order valence-corrected chi connectivity index (χ3v) is 2.25. The summed E-state index contributed by atoms with van der Waals surface area (Å²) >= 11 is 0. The number of nitrogens with zero attached hydrogens (tertiary/aromatic N) is 1. The Bertz CT molecular complexity index is 323. The summed E-state index contributed by atoms with van der Waals surface area (Å²) < 4.78 is 10.7. The van der Waals surface area contributed by atoms with Crippen LogP contribution in [0.5, 0.6) is 0 Å². The maximum absolute atomic E-state index is 11.6. The fraction of sp³-hybridized carbons (Fsp3) is 0.867. The van der Waals surface area contributed by atoms with Crippen molar-refractivity contribution in [1.82, 2.24) is 10.6 Å². The minimum Gasteiger partial charge on any atom is -0.459 e. The van der Waals surface area contributed by atoms with Crippen LogP contribution in [-0.4, -0.2) is 50.9 Å². The number of esters is 1. The number of hydrogen-bond donors (Lipinski definition) is 2. The number of carbonyl (C=O) groups is 1. The molecule has 0 saturated heterocycles. The van der Waals surface area contributed by atoms with Gasteiger partial charge in [-0.2, -0.15) is 0 Å². The van der Waals surface area contributed by atoms with Crippen LogP contribution in [0.25, 0.3) is 0 Å². The zero-order valence-electron chi connectivity index (χ0n) is 14.3. The first kappa shape index (κ1) is 19.7. The Morgan fingerprint density at radius 3 is 2.43 bits per heavy atom. The van der Waals surface area contributed by atoms with Gasteiger partial charge < -0.3 is 20.1 Å². The van der Waals surface area contributed by atoms with Gasteiger partial charge in [-0.15, -0.1) is 0 Å². The highest BCUT2D eigenvalue weighted by Gasteiger charge is 2.16. The highest BCUT2D eigenvalue weighted by molar-refractivity contribution is 5.84. The van der Waals surface area contributed by atoms with Gasteiger partial charge in [0.1, 0.15) is 12.1 Å². The van der Waals surface area contributed by atoms with E-state index < -0.39 is 5.60 Å². The number of ether oxygens (including phenoxy) is 2. The van der Waals surface area contributed by atoms with Crippen LogP contribution >= 0.6 is 0 Å². The fourth-order valence-electron chi connectivity index (χ4n) is 1.45. The maximum Gasteiger partial charge on any atom is 0.325 e. The van der Waals surface area contributed by atoms with Gasteiger partial charge in [-0.05, 0) is 33.1 Å². The monoisotopic (exact) mass is 301 g/mol. The van der Waals surface area contributed by atoms with Crippen LogP contribution in [0, 0.1) is 5.92 Å².